The minimum atomic E-state index is -1.93. The molecule has 0 bridgehead atoms. The summed E-state index contributed by atoms with van der Waals surface area (Å²) in [6, 6.07) is 8.81. The molecule has 0 saturated heterocycles. The molecular weight excluding hydrogens is 505 g/mol. The molecule has 1 aromatic heterocycles. The third-order valence-corrected chi connectivity index (χ3v) is 4.37. The minimum absolute atomic E-state index is 0.00561. The molecule has 2 aromatic rings. The number of amides is 1. The first-order valence-corrected chi connectivity index (χ1v) is 9.43. The lowest BCUT2D eigenvalue weighted by atomic mass is 10.2. The molecule has 0 fully saturated rings. The number of furan rings is 1. The Labute approximate surface area is 182 Å². The summed E-state index contributed by atoms with van der Waals surface area (Å²) in [5.41, 5.74) is 0.623. The fourth-order valence-corrected chi connectivity index (χ4v) is 2.70. The molecule has 7 nitrogen and oxygen atoms in total. The highest BCUT2D eigenvalue weighted by Gasteiger charge is 2.35. The lowest BCUT2D eigenvalue weighted by Crippen LogP contribution is -2.56. The van der Waals surface area contributed by atoms with Crippen LogP contribution in [-0.2, 0) is 0 Å². The molecule has 0 spiro atoms. The predicted molar refractivity (Wildman–Crippen MR) is 111 cm³/mol. The second kappa shape index (κ2) is 9.11. The molecular formula is C15H11BrCl3N3O4S. The molecule has 0 saturated carbocycles. The van der Waals surface area contributed by atoms with E-state index >= 15 is 0 Å². The van der Waals surface area contributed by atoms with Gasteiger partial charge in [0.25, 0.3) is 5.91 Å². The Morgan fingerprint density at radius 2 is 1.74 bits per heavy atom. The van der Waals surface area contributed by atoms with Crippen molar-refractivity contribution < 1.29 is 19.1 Å². The minimum Gasteiger partial charge on any atom is -0.478 e. The van der Waals surface area contributed by atoms with E-state index in [1.54, 1.807) is 6.07 Å². The molecule has 12 heteroatoms. The van der Waals surface area contributed by atoms with Crippen LogP contribution in [0, 0.1) is 0 Å². The van der Waals surface area contributed by atoms with Gasteiger partial charge in [0.1, 0.15) is 6.17 Å². The third-order valence-electron chi connectivity index (χ3n) is 3.06. The van der Waals surface area contributed by atoms with Gasteiger partial charge in [0.15, 0.2) is 15.5 Å². The van der Waals surface area contributed by atoms with Gasteiger partial charge < -0.3 is 25.5 Å². The highest BCUT2D eigenvalue weighted by Crippen LogP contribution is 2.29. The summed E-state index contributed by atoms with van der Waals surface area (Å²) in [4.78, 5) is 23.1. The monoisotopic (exact) mass is 513 g/mol. The van der Waals surface area contributed by atoms with Gasteiger partial charge in [0.05, 0.1) is 5.56 Å². The first-order valence-electron chi connectivity index (χ1n) is 7.10. The van der Waals surface area contributed by atoms with E-state index in [4.69, 9.17) is 56.5 Å². The average Bonchev–Trinajstić information content (AvgIpc) is 3.00. The number of nitrogens with one attached hydrogen (secondary N) is 3. The highest BCUT2D eigenvalue weighted by atomic mass is 79.9. The summed E-state index contributed by atoms with van der Waals surface area (Å²) in [5.74, 6) is -1.67. The SMILES string of the molecule is O=C(O)c1ccc(NC(=S)N[C@@H](NC(=O)c2ccc(Br)o2)C(Cl)(Cl)Cl)cc1. The van der Waals surface area contributed by atoms with Gasteiger partial charge in [-0.05, 0) is 64.5 Å². The Balaban J connectivity index is 2.03. The second-order valence-electron chi connectivity index (χ2n) is 5.03. The molecule has 1 amide bonds. The van der Waals surface area contributed by atoms with Crippen molar-refractivity contribution in [3.63, 3.8) is 0 Å². The Morgan fingerprint density at radius 1 is 1.11 bits per heavy atom. The first kappa shape index (κ1) is 21.8. The van der Waals surface area contributed by atoms with Crippen molar-refractivity contribution in [3.05, 3.63) is 52.4 Å². The molecule has 0 radical (unpaired) electrons. The predicted octanol–water partition coefficient (Wildman–Crippen LogP) is 4.15. The van der Waals surface area contributed by atoms with Crippen LogP contribution in [0.4, 0.5) is 5.69 Å². The fraction of sp³-hybridized carbons (Fsp3) is 0.133. The Bertz CT molecular complexity index is 855. The van der Waals surface area contributed by atoms with Crippen LogP contribution in [0.25, 0.3) is 0 Å². The third kappa shape index (κ3) is 6.54. The summed E-state index contributed by atoms with van der Waals surface area (Å²) in [5, 5.41) is 16.9. The number of carbonyl (C=O) groups excluding carboxylic acids is 1. The maximum absolute atomic E-state index is 12.2. The number of thiocarbonyl (C=S) groups is 1. The van der Waals surface area contributed by atoms with Gasteiger partial charge in [-0.25, -0.2) is 4.79 Å². The Kier molecular flexibility index (Phi) is 7.35. The Hall–Kier alpha value is -1.52. The topological polar surface area (TPSA) is 104 Å². The van der Waals surface area contributed by atoms with Crippen molar-refractivity contribution >= 4 is 85.6 Å². The molecule has 4 N–H and O–H groups in total. The van der Waals surface area contributed by atoms with Crippen molar-refractivity contribution in [2.45, 2.75) is 9.96 Å². The van der Waals surface area contributed by atoms with E-state index in [9.17, 15) is 9.59 Å². The first-order chi connectivity index (χ1) is 12.6. The summed E-state index contributed by atoms with van der Waals surface area (Å²) >= 11 is 25.9. The van der Waals surface area contributed by atoms with E-state index in [1.165, 1.54) is 30.3 Å². The number of hydrogen-bond donors (Lipinski definition) is 4. The van der Waals surface area contributed by atoms with Gasteiger partial charge in [0, 0.05) is 5.69 Å². The maximum atomic E-state index is 12.2. The number of aromatic carboxylic acids is 1. The summed E-state index contributed by atoms with van der Waals surface area (Å²) in [7, 11) is 0. The number of benzene rings is 1. The van der Waals surface area contributed by atoms with Gasteiger partial charge in [-0.3, -0.25) is 4.79 Å². The number of anilines is 1. The molecule has 1 atom stereocenters. The largest absolute Gasteiger partial charge is 0.478 e. The van der Waals surface area contributed by atoms with Gasteiger partial charge in [-0.15, -0.1) is 0 Å². The van der Waals surface area contributed by atoms with Crippen molar-refractivity contribution in [1.29, 1.82) is 0 Å². The molecule has 0 aliphatic carbocycles. The summed E-state index contributed by atoms with van der Waals surface area (Å²) < 4.78 is 3.58. The molecule has 27 heavy (non-hydrogen) atoms. The second-order valence-corrected chi connectivity index (χ2v) is 8.59. The highest BCUT2D eigenvalue weighted by molar-refractivity contribution is 9.10. The van der Waals surface area contributed by atoms with Gasteiger partial charge in [-0.2, -0.15) is 0 Å². The molecule has 0 aliphatic rings. The van der Waals surface area contributed by atoms with Crippen LogP contribution >= 0.6 is 63.0 Å². The van der Waals surface area contributed by atoms with Crippen LogP contribution in [0.15, 0.2) is 45.5 Å². The van der Waals surface area contributed by atoms with Crippen LogP contribution in [0.2, 0.25) is 0 Å². The number of alkyl halides is 3. The maximum Gasteiger partial charge on any atom is 0.335 e. The van der Waals surface area contributed by atoms with Gasteiger partial charge >= 0.3 is 5.97 Å². The van der Waals surface area contributed by atoms with Crippen molar-refractivity contribution in [2.24, 2.45) is 0 Å². The number of rotatable bonds is 5. The van der Waals surface area contributed by atoms with Gasteiger partial charge in [0.2, 0.25) is 3.79 Å². The quantitative estimate of drug-likeness (QED) is 0.269. The van der Waals surface area contributed by atoms with Crippen LogP contribution in [-0.4, -0.2) is 32.1 Å². The zero-order valence-corrected chi connectivity index (χ0v) is 17.8. The number of carboxylic acids is 1. The molecule has 1 heterocycles. The number of carboxylic acid groups (broad SMARTS) is 1. The standard InChI is InChI=1S/C15H11BrCl3N3O4S/c16-10-6-5-9(26-10)11(23)21-13(15(17,18)19)22-14(27)20-8-3-1-7(2-4-8)12(24)25/h1-6,13H,(H,21,23)(H,24,25)(H2,20,22,27)/t13-/m1/s1. The van der Waals surface area contributed by atoms with Crippen LogP contribution in [0.1, 0.15) is 20.9 Å². The van der Waals surface area contributed by atoms with E-state index in [0.29, 0.717) is 10.4 Å². The Morgan fingerprint density at radius 3 is 2.22 bits per heavy atom. The molecule has 144 valence electrons. The summed E-state index contributed by atoms with van der Waals surface area (Å²) in [6.07, 6.45) is -1.18. The van der Waals surface area contributed by atoms with Crippen LogP contribution in [0.3, 0.4) is 0 Å². The van der Waals surface area contributed by atoms with Crippen LogP contribution < -0.4 is 16.0 Å². The summed E-state index contributed by atoms with van der Waals surface area (Å²) in [6.45, 7) is 0. The van der Waals surface area contributed by atoms with E-state index in [-0.39, 0.29) is 16.4 Å². The molecule has 2 rings (SSSR count). The van der Waals surface area contributed by atoms with E-state index in [2.05, 4.69) is 31.9 Å². The number of halogens is 4. The number of hydrogen-bond acceptors (Lipinski definition) is 4. The number of carbonyl (C=O) groups is 2. The van der Waals surface area contributed by atoms with Crippen molar-refractivity contribution in [2.75, 3.05) is 5.32 Å². The molecule has 1 aromatic carbocycles. The van der Waals surface area contributed by atoms with E-state index < -0.39 is 21.8 Å². The zero-order valence-electron chi connectivity index (χ0n) is 13.1. The molecule has 0 unspecified atom stereocenters. The molecule has 0 aliphatic heterocycles. The fourth-order valence-electron chi connectivity index (χ4n) is 1.83. The lowest BCUT2D eigenvalue weighted by molar-refractivity contribution is 0.0696. The zero-order chi connectivity index (χ0) is 20.2. The van der Waals surface area contributed by atoms with Crippen LogP contribution in [0.5, 0.6) is 0 Å². The van der Waals surface area contributed by atoms with Gasteiger partial charge in [-0.1, -0.05) is 34.8 Å². The van der Waals surface area contributed by atoms with Crippen molar-refractivity contribution in [1.82, 2.24) is 10.6 Å². The van der Waals surface area contributed by atoms with E-state index in [1.807, 2.05) is 0 Å². The normalized spacial score (nSPS) is 12.1. The lowest BCUT2D eigenvalue weighted by Gasteiger charge is -2.27. The smallest absolute Gasteiger partial charge is 0.335 e. The average molecular weight is 516 g/mol. The van der Waals surface area contributed by atoms with Crippen molar-refractivity contribution in [3.8, 4) is 0 Å². The van der Waals surface area contributed by atoms with E-state index in [0.717, 1.165) is 0 Å².